The van der Waals surface area contributed by atoms with Gasteiger partial charge in [0.2, 0.25) is 23.0 Å². The summed E-state index contributed by atoms with van der Waals surface area (Å²) >= 11 is 0. The third kappa shape index (κ3) is 5.56. The molecule has 0 saturated heterocycles. The normalized spacial score (nSPS) is 11.4. The highest BCUT2D eigenvalue weighted by molar-refractivity contribution is 6.51. The lowest BCUT2D eigenvalue weighted by Gasteiger charge is -2.07. The first-order valence-corrected chi connectivity index (χ1v) is 11.4. The molecule has 186 valence electrons. The summed E-state index contributed by atoms with van der Waals surface area (Å²) in [4.78, 5) is 25.0. The van der Waals surface area contributed by atoms with Crippen molar-refractivity contribution in [2.24, 2.45) is 24.3 Å². The van der Waals surface area contributed by atoms with E-state index in [1.165, 1.54) is 0 Å². The minimum Gasteiger partial charge on any atom is -0.348 e. The molecular formula is C28H22N8O2. The molecule has 4 rings (SSSR count). The number of ketones is 2. The average Bonchev–Trinajstić information content (AvgIpc) is 3.57. The Kier molecular flexibility index (Phi) is 7.56. The molecule has 2 aromatic carbocycles. The number of aryl methyl sites for hydroxylation is 2. The van der Waals surface area contributed by atoms with E-state index in [0.29, 0.717) is 22.8 Å². The van der Waals surface area contributed by atoms with Gasteiger partial charge in [-0.2, -0.15) is 20.7 Å². The van der Waals surface area contributed by atoms with Crippen LogP contribution in [0, 0.1) is 22.7 Å². The Labute approximate surface area is 218 Å². The Morgan fingerprint density at radius 3 is 1.32 bits per heavy atom. The van der Waals surface area contributed by atoms with Crippen LogP contribution >= 0.6 is 0 Å². The van der Waals surface area contributed by atoms with Gasteiger partial charge in [-0.3, -0.25) is 20.4 Å². The van der Waals surface area contributed by atoms with Crippen LogP contribution in [0.25, 0.3) is 11.1 Å². The number of hydrazone groups is 2. The molecule has 0 atom stereocenters. The summed E-state index contributed by atoms with van der Waals surface area (Å²) < 4.78 is 3.26. The van der Waals surface area contributed by atoms with Crippen molar-refractivity contribution in [1.82, 2.24) is 9.13 Å². The number of nitrogens with zero attached hydrogens (tertiary/aromatic N) is 6. The van der Waals surface area contributed by atoms with Crippen LogP contribution in [0.15, 0.2) is 95.4 Å². The van der Waals surface area contributed by atoms with Crippen LogP contribution < -0.4 is 10.9 Å². The molecule has 0 aliphatic rings. The molecule has 38 heavy (non-hydrogen) atoms. The van der Waals surface area contributed by atoms with Crippen molar-refractivity contribution < 1.29 is 9.59 Å². The van der Waals surface area contributed by atoms with E-state index in [2.05, 4.69) is 21.1 Å². The van der Waals surface area contributed by atoms with Gasteiger partial charge in [-0.15, -0.1) is 0 Å². The molecule has 4 aromatic rings. The molecule has 0 bridgehead atoms. The van der Waals surface area contributed by atoms with Gasteiger partial charge in [0.1, 0.15) is 12.1 Å². The first kappa shape index (κ1) is 25.4. The number of nitriles is 2. The molecule has 0 amide bonds. The van der Waals surface area contributed by atoms with Crippen molar-refractivity contribution in [3.05, 3.63) is 96.6 Å². The first-order valence-electron chi connectivity index (χ1n) is 11.4. The van der Waals surface area contributed by atoms with Gasteiger partial charge in [0, 0.05) is 26.5 Å². The second-order valence-electron chi connectivity index (χ2n) is 8.19. The summed E-state index contributed by atoms with van der Waals surface area (Å²) in [6, 6.07) is 25.0. The van der Waals surface area contributed by atoms with Crippen molar-refractivity contribution >= 4 is 34.4 Å². The van der Waals surface area contributed by atoms with Gasteiger partial charge in [-0.25, -0.2) is 0 Å². The zero-order valence-corrected chi connectivity index (χ0v) is 20.6. The Bertz CT molecular complexity index is 1500. The second-order valence-corrected chi connectivity index (χ2v) is 8.19. The van der Waals surface area contributed by atoms with Crippen LogP contribution in [0.2, 0.25) is 0 Å². The summed E-state index contributed by atoms with van der Waals surface area (Å²) in [5.41, 5.74) is 8.84. The van der Waals surface area contributed by atoms with E-state index in [-0.39, 0.29) is 11.4 Å². The highest BCUT2D eigenvalue weighted by Gasteiger charge is 2.17. The van der Waals surface area contributed by atoms with Crippen molar-refractivity contribution in [3.63, 3.8) is 0 Å². The number of hydrogen-bond acceptors (Lipinski definition) is 8. The highest BCUT2D eigenvalue weighted by atomic mass is 16.1. The lowest BCUT2D eigenvalue weighted by atomic mass is 10.1. The van der Waals surface area contributed by atoms with E-state index in [1.54, 1.807) is 84.2 Å². The molecule has 10 heteroatoms. The number of carbonyl (C=O) groups excluding carboxylic acids is 2. The number of nitrogens with one attached hydrogen (secondary N) is 2. The summed E-state index contributed by atoms with van der Waals surface area (Å²) in [7, 11) is 3.45. The smallest absolute Gasteiger partial charge is 0.240 e. The fourth-order valence-corrected chi connectivity index (χ4v) is 3.61. The van der Waals surface area contributed by atoms with Crippen LogP contribution in [0.1, 0.15) is 21.0 Å². The van der Waals surface area contributed by atoms with Crippen LogP contribution in [0.4, 0.5) is 11.4 Å². The number of benzene rings is 2. The summed E-state index contributed by atoms with van der Waals surface area (Å²) in [6.45, 7) is 0. The molecule has 2 N–H and O–H groups in total. The Morgan fingerprint density at radius 2 is 1.03 bits per heavy atom. The minimum absolute atomic E-state index is 0.244. The highest BCUT2D eigenvalue weighted by Crippen LogP contribution is 2.23. The molecule has 2 aromatic heterocycles. The number of anilines is 2. The van der Waals surface area contributed by atoms with Crippen molar-refractivity contribution in [2.75, 3.05) is 10.9 Å². The van der Waals surface area contributed by atoms with Gasteiger partial charge in [-0.1, -0.05) is 24.3 Å². The number of rotatable bonds is 9. The van der Waals surface area contributed by atoms with Crippen molar-refractivity contribution in [2.45, 2.75) is 0 Å². The van der Waals surface area contributed by atoms with Gasteiger partial charge < -0.3 is 9.13 Å². The maximum Gasteiger partial charge on any atom is 0.240 e. The molecule has 0 aliphatic carbocycles. The number of carbonyl (C=O) groups is 2. The molecule has 2 heterocycles. The standard InChI is InChI=1S/C28H22N8O2/c1-35-15-3-5-25(35)27(37)23(17-29)33-31-21-11-7-19(8-12-21)20-9-13-22(14-10-20)32-34-24(18-30)28(38)26-6-4-16-36(26)2/h3-16,31-32H,1-2H3/b33-23-,34-24-. The molecule has 0 saturated carbocycles. The van der Waals surface area contributed by atoms with Gasteiger partial charge in [0.25, 0.3) is 0 Å². The Morgan fingerprint density at radius 1 is 0.658 bits per heavy atom. The molecule has 10 nitrogen and oxygen atoms in total. The SMILES string of the molecule is Cn1cccc1C(=O)/C(C#N)=N\Nc1ccc(-c2ccc(N/N=C(/C#N)C(=O)c3cccn3C)cc2)cc1. The maximum absolute atomic E-state index is 12.5. The summed E-state index contributed by atoms with van der Waals surface area (Å²) in [6.07, 6.45) is 3.45. The van der Waals surface area contributed by atoms with Crippen LogP contribution in [-0.2, 0) is 14.1 Å². The fraction of sp³-hybridized carbons (Fsp3) is 0.0714. The summed E-state index contributed by atoms with van der Waals surface area (Å²) in [5.74, 6) is -0.929. The lowest BCUT2D eigenvalue weighted by Crippen LogP contribution is -2.17. The second kappa shape index (κ2) is 11.3. The summed E-state index contributed by atoms with van der Waals surface area (Å²) in [5, 5.41) is 26.6. The topological polar surface area (TPSA) is 140 Å². The van der Waals surface area contributed by atoms with E-state index in [9.17, 15) is 20.1 Å². The van der Waals surface area contributed by atoms with E-state index in [4.69, 9.17) is 0 Å². The van der Waals surface area contributed by atoms with E-state index in [0.717, 1.165) is 11.1 Å². The molecule has 0 radical (unpaired) electrons. The molecule has 0 fully saturated rings. The number of hydrogen-bond donors (Lipinski definition) is 2. The Hall–Kier alpha value is -5.74. The average molecular weight is 503 g/mol. The third-order valence-electron chi connectivity index (χ3n) is 5.69. The predicted molar refractivity (Wildman–Crippen MR) is 145 cm³/mol. The van der Waals surface area contributed by atoms with Gasteiger partial charge in [0.15, 0.2) is 0 Å². The Balaban J connectivity index is 1.40. The van der Waals surface area contributed by atoms with Gasteiger partial charge in [0.05, 0.1) is 22.8 Å². The van der Waals surface area contributed by atoms with Gasteiger partial charge in [-0.05, 0) is 59.7 Å². The monoisotopic (exact) mass is 502 g/mol. The van der Waals surface area contributed by atoms with Crippen LogP contribution in [0.3, 0.4) is 0 Å². The van der Waals surface area contributed by atoms with Gasteiger partial charge >= 0.3 is 0 Å². The van der Waals surface area contributed by atoms with E-state index in [1.807, 2.05) is 36.4 Å². The van der Waals surface area contributed by atoms with E-state index < -0.39 is 11.6 Å². The zero-order valence-electron chi connectivity index (χ0n) is 20.6. The zero-order chi connectivity index (χ0) is 27.1. The maximum atomic E-state index is 12.5. The van der Waals surface area contributed by atoms with Crippen LogP contribution in [0.5, 0.6) is 0 Å². The molecular weight excluding hydrogens is 480 g/mol. The lowest BCUT2D eigenvalue weighted by molar-refractivity contribution is 0.105. The van der Waals surface area contributed by atoms with Crippen LogP contribution in [-0.4, -0.2) is 32.1 Å². The number of aromatic nitrogens is 2. The largest absolute Gasteiger partial charge is 0.348 e. The van der Waals surface area contributed by atoms with Crippen molar-refractivity contribution in [3.8, 4) is 23.3 Å². The number of Topliss-reactive ketones (excluding diaryl/α,β-unsaturated/α-hetero) is 2. The molecule has 0 unspecified atom stereocenters. The quantitative estimate of drug-likeness (QED) is 0.198. The minimum atomic E-state index is -0.464. The first-order chi connectivity index (χ1) is 18.4. The fourth-order valence-electron chi connectivity index (χ4n) is 3.61. The molecule has 0 spiro atoms. The third-order valence-corrected chi connectivity index (χ3v) is 5.69. The predicted octanol–water partition coefficient (Wildman–Crippen LogP) is 4.38. The van der Waals surface area contributed by atoms with E-state index >= 15 is 0 Å². The van der Waals surface area contributed by atoms with Crippen molar-refractivity contribution in [1.29, 1.82) is 10.5 Å². The molecule has 0 aliphatic heterocycles.